The summed E-state index contributed by atoms with van der Waals surface area (Å²) in [5.74, 6) is -1.61. The Morgan fingerprint density at radius 2 is 1.72 bits per heavy atom. The quantitative estimate of drug-likeness (QED) is 0.716. The zero-order valence-corrected chi connectivity index (χ0v) is 13.5. The highest BCUT2D eigenvalue weighted by atomic mass is 16.6. The summed E-state index contributed by atoms with van der Waals surface area (Å²) in [6, 6.07) is 15.9. The van der Waals surface area contributed by atoms with E-state index < -0.39 is 30.2 Å². The summed E-state index contributed by atoms with van der Waals surface area (Å²) in [4.78, 5) is 23.4. The third kappa shape index (κ3) is 3.70. The highest BCUT2D eigenvalue weighted by Crippen LogP contribution is 2.26. The number of hydrogen-bond donors (Lipinski definition) is 3. The van der Waals surface area contributed by atoms with Crippen molar-refractivity contribution in [2.24, 2.45) is 0 Å². The van der Waals surface area contributed by atoms with Gasteiger partial charge in [0, 0.05) is 13.0 Å². The second-order valence-electron chi connectivity index (χ2n) is 6.15. The summed E-state index contributed by atoms with van der Waals surface area (Å²) < 4.78 is 5.45. The second kappa shape index (κ2) is 7.04. The number of hydrogen-bond acceptors (Lipinski definition) is 5. The molecule has 0 bridgehead atoms. The van der Waals surface area contributed by atoms with Gasteiger partial charge in [-0.15, -0.1) is 0 Å². The third-order valence-corrected chi connectivity index (χ3v) is 4.37. The third-order valence-electron chi connectivity index (χ3n) is 4.37. The van der Waals surface area contributed by atoms with Crippen LogP contribution >= 0.6 is 0 Å². The number of carbonyl (C=O) groups is 2. The number of aliphatic hydroxyl groups is 1. The van der Waals surface area contributed by atoms with Gasteiger partial charge < -0.3 is 20.3 Å². The van der Waals surface area contributed by atoms with E-state index in [0.717, 1.165) is 11.1 Å². The molecule has 6 heteroatoms. The van der Waals surface area contributed by atoms with Gasteiger partial charge in [0.15, 0.2) is 0 Å². The standard InChI is InChI=1S/C19H19NO5/c21-12-19(10-16(17(22)23)20-11-19)25-18(24)15-8-6-14(7-9-15)13-4-2-1-3-5-13/h1-9,16,20-21H,10-12H2,(H,22,23)/t16-,19+/m0/s1. The van der Waals surface area contributed by atoms with Crippen molar-refractivity contribution in [2.45, 2.75) is 18.1 Å². The van der Waals surface area contributed by atoms with Crippen LogP contribution in [0.3, 0.4) is 0 Å². The molecule has 130 valence electrons. The van der Waals surface area contributed by atoms with E-state index in [-0.39, 0.29) is 13.0 Å². The van der Waals surface area contributed by atoms with Crippen LogP contribution in [0.4, 0.5) is 0 Å². The normalized spacial score (nSPS) is 22.5. The topological polar surface area (TPSA) is 95.9 Å². The highest BCUT2D eigenvalue weighted by molar-refractivity contribution is 5.90. The lowest BCUT2D eigenvalue weighted by Crippen LogP contribution is -2.41. The van der Waals surface area contributed by atoms with Crippen LogP contribution < -0.4 is 5.32 Å². The molecule has 0 saturated carbocycles. The fraction of sp³-hybridized carbons (Fsp3) is 0.263. The molecule has 6 nitrogen and oxygen atoms in total. The van der Waals surface area contributed by atoms with Gasteiger partial charge in [-0.25, -0.2) is 4.79 Å². The van der Waals surface area contributed by atoms with Crippen LogP contribution in [0.2, 0.25) is 0 Å². The van der Waals surface area contributed by atoms with Gasteiger partial charge in [-0.05, 0) is 23.3 Å². The average Bonchev–Trinajstić information content (AvgIpc) is 3.07. The van der Waals surface area contributed by atoms with Gasteiger partial charge in [0.25, 0.3) is 0 Å². The minimum absolute atomic E-state index is 0.0344. The van der Waals surface area contributed by atoms with Crippen LogP contribution in [0.25, 0.3) is 11.1 Å². The lowest BCUT2D eigenvalue weighted by Gasteiger charge is -2.26. The van der Waals surface area contributed by atoms with Crippen molar-refractivity contribution in [1.82, 2.24) is 5.32 Å². The van der Waals surface area contributed by atoms with E-state index >= 15 is 0 Å². The molecule has 1 aliphatic heterocycles. The number of aliphatic hydroxyl groups excluding tert-OH is 1. The first kappa shape index (κ1) is 17.1. The van der Waals surface area contributed by atoms with Gasteiger partial charge in [0.1, 0.15) is 11.6 Å². The first-order valence-corrected chi connectivity index (χ1v) is 7.99. The Bertz CT molecular complexity index is 759. The zero-order valence-electron chi connectivity index (χ0n) is 13.5. The van der Waals surface area contributed by atoms with Gasteiger partial charge in [0.2, 0.25) is 0 Å². The van der Waals surface area contributed by atoms with Gasteiger partial charge in [-0.3, -0.25) is 4.79 Å². The number of carbonyl (C=O) groups excluding carboxylic acids is 1. The highest BCUT2D eigenvalue weighted by Gasteiger charge is 2.44. The van der Waals surface area contributed by atoms with Gasteiger partial charge >= 0.3 is 11.9 Å². The van der Waals surface area contributed by atoms with Crippen LogP contribution in [0.1, 0.15) is 16.8 Å². The Kier molecular flexibility index (Phi) is 4.83. The molecule has 0 unspecified atom stereocenters. The molecule has 3 N–H and O–H groups in total. The van der Waals surface area contributed by atoms with Gasteiger partial charge in [-0.1, -0.05) is 42.5 Å². The predicted molar refractivity (Wildman–Crippen MR) is 91.2 cm³/mol. The molecular formula is C19H19NO5. The minimum atomic E-state index is -1.21. The molecule has 25 heavy (non-hydrogen) atoms. The maximum atomic E-state index is 12.4. The monoisotopic (exact) mass is 341 g/mol. The average molecular weight is 341 g/mol. The number of nitrogens with one attached hydrogen (secondary N) is 1. The predicted octanol–water partition coefficient (Wildman–Crippen LogP) is 1.69. The lowest BCUT2D eigenvalue weighted by molar-refractivity contribution is -0.139. The molecular weight excluding hydrogens is 322 g/mol. The van der Waals surface area contributed by atoms with Crippen LogP contribution in [-0.2, 0) is 9.53 Å². The Morgan fingerprint density at radius 1 is 1.08 bits per heavy atom. The van der Waals surface area contributed by atoms with Crippen molar-refractivity contribution in [3.63, 3.8) is 0 Å². The van der Waals surface area contributed by atoms with Crippen molar-refractivity contribution in [3.8, 4) is 11.1 Å². The molecule has 1 saturated heterocycles. The fourth-order valence-corrected chi connectivity index (χ4v) is 2.92. The summed E-state index contributed by atoms with van der Waals surface area (Å²) in [7, 11) is 0. The van der Waals surface area contributed by atoms with Gasteiger partial charge in [0.05, 0.1) is 12.2 Å². The fourth-order valence-electron chi connectivity index (χ4n) is 2.92. The van der Waals surface area contributed by atoms with Crippen LogP contribution in [-0.4, -0.2) is 46.9 Å². The molecule has 2 aromatic carbocycles. The number of esters is 1. The van der Waals surface area contributed by atoms with Crippen LogP contribution in [0, 0.1) is 0 Å². The summed E-state index contributed by atoms with van der Waals surface area (Å²) >= 11 is 0. The Morgan fingerprint density at radius 3 is 2.28 bits per heavy atom. The Hall–Kier alpha value is -2.70. The summed E-state index contributed by atoms with van der Waals surface area (Å²) in [6.45, 7) is -0.327. The first-order chi connectivity index (χ1) is 12.0. The van der Waals surface area contributed by atoms with E-state index in [4.69, 9.17) is 9.84 Å². The summed E-state index contributed by atoms with van der Waals surface area (Å²) in [5.41, 5.74) is 1.16. The van der Waals surface area contributed by atoms with E-state index in [0.29, 0.717) is 5.56 Å². The minimum Gasteiger partial charge on any atom is -0.480 e. The van der Waals surface area contributed by atoms with Crippen molar-refractivity contribution < 1.29 is 24.5 Å². The van der Waals surface area contributed by atoms with Gasteiger partial charge in [-0.2, -0.15) is 0 Å². The number of carboxylic acids is 1. The van der Waals surface area contributed by atoms with Crippen molar-refractivity contribution in [3.05, 3.63) is 60.2 Å². The summed E-state index contributed by atoms with van der Waals surface area (Å²) in [5, 5.41) is 21.4. The SMILES string of the molecule is O=C(O[C@@]1(CO)CN[C@H](C(=O)O)C1)c1ccc(-c2ccccc2)cc1. The second-order valence-corrected chi connectivity index (χ2v) is 6.15. The van der Waals surface area contributed by atoms with E-state index in [1.165, 1.54) is 0 Å². The molecule has 0 aliphatic carbocycles. The van der Waals surface area contributed by atoms with Crippen molar-refractivity contribution in [2.75, 3.05) is 13.2 Å². The van der Waals surface area contributed by atoms with E-state index in [9.17, 15) is 14.7 Å². The van der Waals surface area contributed by atoms with Crippen LogP contribution in [0.5, 0.6) is 0 Å². The maximum absolute atomic E-state index is 12.4. The molecule has 0 spiro atoms. The molecule has 0 aromatic heterocycles. The Labute approximate surface area is 145 Å². The zero-order chi connectivity index (χ0) is 17.9. The maximum Gasteiger partial charge on any atom is 0.338 e. The Balaban J connectivity index is 1.72. The van der Waals surface area contributed by atoms with Crippen molar-refractivity contribution in [1.29, 1.82) is 0 Å². The van der Waals surface area contributed by atoms with E-state index in [1.807, 2.05) is 42.5 Å². The van der Waals surface area contributed by atoms with Crippen LogP contribution in [0.15, 0.2) is 54.6 Å². The first-order valence-electron chi connectivity index (χ1n) is 7.99. The van der Waals surface area contributed by atoms with E-state index in [2.05, 4.69) is 5.32 Å². The molecule has 2 atom stereocenters. The molecule has 3 rings (SSSR count). The molecule has 1 heterocycles. The number of aliphatic carboxylic acids is 1. The molecule has 1 fully saturated rings. The summed E-state index contributed by atoms with van der Waals surface area (Å²) in [6.07, 6.45) is 0.0344. The largest absolute Gasteiger partial charge is 0.480 e. The molecule has 0 radical (unpaired) electrons. The number of rotatable bonds is 5. The smallest absolute Gasteiger partial charge is 0.338 e. The number of ether oxygens (including phenoxy) is 1. The molecule has 1 aliphatic rings. The lowest BCUT2D eigenvalue weighted by atomic mass is 10.0. The number of carboxylic acid groups (broad SMARTS) is 1. The van der Waals surface area contributed by atoms with E-state index in [1.54, 1.807) is 12.1 Å². The van der Waals surface area contributed by atoms with Crippen molar-refractivity contribution >= 4 is 11.9 Å². The number of benzene rings is 2. The molecule has 2 aromatic rings. The molecule has 0 amide bonds.